The summed E-state index contributed by atoms with van der Waals surface area (Å²) in [6.07, 6.45) is 6.24. The van der Waals surface area contributed by atoms with Gasteiger partial charge in [0.15, 0.2) is 0 Å². The zero-order chi connectivity index (χ0) is 14.5. The molecular formula is C16H22ClNO2. The molecule has 1 aromatic rings. The summed E-state index contributed by atoms with van der Waals surface area (Å²) in [7, 11) is 0. The van der Waals surface area contributed by atoms with Crippen LogP contribution in [0.4, 0.5) is 0 Å². The van der Waals surface area contributed by atoms with Crippen LogP contribution in [0.5, 0.6) is 0 Å². The van der Waals surface area contributed by atoms with Crippen LogP contribution in [-0.4, -0.2) is 28.6 Å². The highest BCUT2D eigenvalue weighted by atomic mass is 35.5. The molecule has 1 N–H and O–H groups in total. The summed E-state index contributed by atoms with van der Waals surface area (Å²) in [5.41, 5.74) is 1.28. The van der Waals surface area contributed by atoms with Crippen molar-refractivity contribution in [3.8, 4) is 0 Å². The molecule has 0 spiro atoms. The van der Waals surface area contributed by atoms with Crippen LogP contribution in [0.3, 0.4) is 0 Å². The highest BCUT2D eigenvalue weighted by Crippen LogP contribution is 2.26. The lowest BCUT2D eigenvalue weighted by Crippen LogP contribution is -2.38. The SMILES string of the molecule is CCCC1CCCCN1Cc1ccc(C(=O)O)cc1Cl. The number of carbonyl (C=O) groups is 1. The molecule has 1 saturated heterocycles. The van der Waals surface area contributed by atoms with Crippen molar-refractivity contribution in [3.63, 3.8) is 0 Å². The first-order valence-electron chi connectivity index (χ1n) is 7.37. The number of halogens is 1. The predicted octanol–water partition coefficient (Wildman–Crippen LogP) is 4.19. The standard InChI is InChI=1S/C16H22ClNO2/c1-2-5-14-6-3-4-9-18(14)11-13-8-7-12(16(19)20)10-15(13)17/h7-8,10,14H,2-6,9,11H2,1H3,(H,19,20). The molecule has 1 aromatic carbocycles. The molecule has 2 rings (SSSR count). The van der Waals surface area contributed by atoms with E-state index in [0.29, 0.717) is 11.1 Å². The van der Waals surface area contributed by atoms with Crippen LogP contribution in [-0.2, 0) is 6.54 Å². The van der Waals surface area contributed by atoms with Gasteiger partial charge in [0.25, 0.3) is 0 Å². The van der Waals surface area contributed by atoms with Crippen molar-refractivity contribution >= 4 is 17.6 Å². The minimum atomic E-state index is -0.930. The number of hydrogen-bond acceptors (Lipinski definition) is 2. The fourth-order valence-corrected chi connectivity index (χ4v) is 3.20. The van der Waals surface area contributed by atoms with Gasteiger partial charge < -0.3 is 5.11 Å². The van der Waals surface area contributed by atoms with Crippen LogP contribution in [0.2, 0.25) is 5.02 Å². The predicted molar refractivity (Wildman–Crippen MR) is 81.4 cm³/mol. The van der Waals surface area contributed by atoms with Gasteiger partial charge in [-0.25, -0.2) is 4.79 Å². The first-order valence-corrected chi connectivity index (χ1v) is 7.75. The molecule has 0 saturated carbocycles. The summed E-state index contributed by atoms with van der Waals surface area (Å²) < 4.78 is 0. The summed E-state index contributed by atoms with van der Waals surface area (Å²) in [5.74, 6) is -0.930. The Bertz CT molecular complexity index is 474. The van der Waals surface area contributed by atoms with Gasteiger partial charge in [-0.2, -0.15) is 0 Å². The molecule has 0 amide bonds. The summed E-state index contributed by atoms with van der Waals surface area (Å²) in [6.45, 7) is 4.16. The first-order chi connectivity index (χ1) is 9.61. The first kappa shape index (κ1) is 15.3. The quantitative estimate of drug-likeness (QED) is 0.885. The third-order valence-corrected chi connectivity index (χ3v) is 4.40. The number of likely N-dealkylation sites (tertiary alicyclic amines) is 1. The van der Waals surface area contributed by atoms with Crippen LogP contribution in [0, 0.1) is 0 Å². The molecule has 4 heteroatoms. The second-order valence-corrected chi connectivity index (χ2v) is 5.93. The Balaban J connectivity index is 2.09. The largest absolute Gasteiger partial charge is 0.478 e. The van der Waals surface area contributed by atoms with E-state index in [1.54, 1.807) is 12.1 Å². The Morgan fingerprint density at radius 2 is 2.25 bits per heavy atom. The lowest BCUT2D eigenvalue weighted by atomic mass is 9.97. The van der Waals surface area contributed by atoms with E-state index in [9.17, 15) is 4.79 Å². The van der Waals surface area contributed by atoms with Crippen LogP contribution in [0.1, 0.15) is 54.9 Å². The molecule has 0 radical (unpaired) electrons. The second-order valence-electron chi connectivity index (χ2n) is 5.52. The number of piperidine rings is 1. The van der Waals surface area contributed by atoms with Crippen molar-refractivity contribution in [2.24, 2.45) is 0 Å². The Kier molecular flexibility index (Phi) is 5.44. The maximum absolute atomic E-state index is 10.9. The van der Waals surface area contributed by atoms with E-state index in [4.69, 9.17) is 16.7 Å². The van der Waals surface area contributed by atoms with E-state index in [2.05, 4.69) is 11.8 Å². The van der Waals surface area contributed by atoms with Gasteiger partial charge in [-0.3, -0.25) is 4.90 Å². The number of aromatic carboxylic acids is 1. The third kappa shape index (κ3) is 3.74. The molecule has 1 atom stereocenters. The van der Waals surface area contributed by atoms with Crippen molar-refractivity contribution in [1.29, 1.82) is 0 Å². The van der Waals surface area contributed by atoms with Crippen LogP contribution in [0.25, 0.3) is 0 Å². The van der Waals surface area contributed by atoms with E-state index in [0.717, 1.165) is 18.7 Å². The van der Waals surface area contributed by atoms with Crippen LogP contribution in [0.15, 0.2) is 18.2 Å². The van der Waals surface area contributed by atoms with Gasteiger partial charge in [0.1, 0.15) is 0 Å². The normalized spacial score (nSPS) is 20.0. The highest BCUT2D eigenvalue weighted by Gasteiger charge is 2.22. The smallest absolute Gasteiger partial charge is 0.335 e. The summed E-state index contributed by atoms with van der Waals surface area (Å²) in [6, 6.07) is 5.69. The molecular weight excluding hydrogens is 274 g/mol. The molecule has 3 nitrogen and oxygen atoms in total. The van der Waals surface area contributed by atoms with Gasteiger partial charge in [-0.1, -0.05) is 37.4 Å². The van der Waals surface area contributed by atoms with Crippen molar-refractivity contribution < 1.29 is 9.90 Å². The topological polar surface area (TPSA) is 40.5 Å². The summed E-state index contributed by atoms with van der Waals surface area (Å²) in [4.78, 5) is 13.4. The van der Waals surface area contributed by atoms with Crippen molar-refractivity contribution in [1.82, 2.24) is 4.90 Å². The molecule has 1 aliphatic rings. The Labute approximate surface area is 125 Å². The number of hydrogen-bond donors (Lipinski definition) is 1. The average Bonchev–Trinajstić information content (AvgIpc) is 2.43. The Hall–Kier alpha value is -1.06. The van der Waals surface area contributed by atoms with E-state index in [-0.39, 0.29) is 5.56 Å². The van der Waals surface area contributed by atoms with Gasteiger partial charge in [-0.15, -0.1) is 0 Å². The van der Waals surface area contributed by atoms with Crippen LogP contribution < -0.4 is 0 Å². The Morgan fingerprint density at radius 1 is 1.45 bits per heavy atom. The maximum atomic E-state index is 10.9. The van der Waals surface area contributed by atoms with E-state index < -0.39 is 5.97 Å². The summed E-state index contributed by atoms with van der Waals surface area (Å²) >= 11 is 6.23. The lowest BCUT2D eigenvalue weighted by Gasteiger charge is -2.36. The second kappa shape index (κ2) is 7.09. The number of rotatable bonds is 5. The summed E-state index contributed by atoms with van der Waals surface area (Å²) in [5, 5.41) is 9.53. The molecule has 1 fully saturated rings. The zero-order valence-corrected chi connectivity index (χ0v) is 12.7. The molecule has 0 aliphatic carbocycles. The third-order valence-electron chi connectivity index (χ3n) is 4.04. The van der Waals surface area contributed by atoms with Gasteiger partial charge in [-0.05, 0) is 43.5 Å². The van der Waals surface area contributed by atoms with E-state index >= 15 is 0 Å². The molecule has 1 unspecified atom stereocenters. The number of carboxylic acids is 1. The van der Waals surface area contributed by atoms with Gasteiger partial charge >= 0.3 is 5.97 Å². The molecule has 0 aromatic heterocycles. The van der Waals surface area contributed by atoms with Crippen molar-refractivity contribution in [3.05, 3.63) is 34.3 Å². The molecule has 1 heterocycles. The fourth-order valence-electron chi connectivity index (χ4n) is 2.96. The minimum absolute atomic E-state index is 0.252. The lowest BCUT2D eigenvalue weighted by molar-refractivity contribution is 0.0697. The van der Waals surface area contributed by atoms with Crippen molar-refractivity contribution in [2.45, 2.75) is 51.6 Å². The number of carboxylic acid groups (broad SMARTS) is 1. The molecule has 110 valence electrons. The Morgan fingerprint density at radius 3 is 2.90 bits per heavy atom. The minimum Gasteiger partial charge on any atom is -0.478 e. The maximum Gasteiger partial charge on any atom is 0.335 e. The van der Waals surface area contributed by atoms with Gasteiger partial charge in [0.05, 0.1) is 5.56 Å². The average molecular weight is 296 g/mol. The zero-order valence-electron chi connectivity index (χ0n) is 11.9. The highest BCUT2D eigenvalue weighted by molar-refractivity contribution is 6.31. The number of nitrogens with zero attached hydrogens (tertiary/aromatic N) is 1. The molecule has 1 aliphatic heterocycles. The van der Waals surface area contributed by atoms with E-state index in [1.165, 1.54) is 32.1 Å². The van der Waals surface area contributed by atoms with Gasteiger partial charge in [0.2, 0.25) is 0 Å². The van der Waals surface area contributed by atoms with Crippen LogP contribution >= 0.6 is 11.6 Å². The fraction of sp³-hybridized carbons (Fsp3) is 0.562. The van der Waals surface area contributed by atoms with E-state index in [1.807, 2.05) is 6.07 Å². The molecule has 0 bridgehead atoms. The van der Waals surface area contributed by atoms with Gasteiger partial charge in [0, 0.05) is 17.6 Å². The van der Waals surface area contributed by atoms with Crippen molar-refractivity contribution in [2.75, 3.05) is 6.54 Å². The molecule has 20 heavy (non-hydrogen) atoms. The monoisotopic (exact) mass is 295 g/mol. The number of benzene rings is 1.